The summed E-state index contributed by atoms with van der Waals surface area (Å²) in [6, 6.07) is 0. The van der Waals surface area contributed by atoms with Gasteiger partial charge in [-0.2, -0.15) is 0 Å². The summed E-state index contributed by atoms with van der Waals surface area (Å²) in [5.41, 5.74) is 0. The lowest BCUT2D eigenvalue weighted by Gasteiger charge is -1.93. The molecule has 0 aliphatic heterocycles. The van der Waals surface area contributed by atoms with E-state index in [0.717, 1.165) is 12.4 Å². The van der Waals surface area contributed by atoms with Crippen molar-refractivity contribution in [3.05, 3.63) is 18.2 Å². The number of carboxylic acids is 1. The summed E-state index contributed by atoms with van der Waals surface area (Å²) < 4.78 is 18.9. The zero-order valence-electron chi connectivity index (χ0n) is 5.67. The highest BCUT2D eigenvalue weighted by atomic mass is 32.2. The van der Waals surface area contributed by atoms with Crippen LogP contribution in [0.15, 0.2) is 17.3 Å². The topological polar surface area (TPSA) is 100 Å². The van der Waals surface area contributed by atoms with Gasteiger partial charge in [-0.3, -0.25) is 0 Å². The Bertz CT molecular complexity index is 290. The largest absolute Gasteiger partial charge is 0.475 e. The highest BCUT2D eigenvalue weighted by Gasteiger charge is 2.07. The number of carboxylic acid groups (broad SMARTS) is 1. The van der Waals surface area contributed by atoms with Crippen molar-refractivity contribution in [3.63, 3.8) is 0 Å². The molecule has 0 spiro atoms. The first-order valence-corrected chi connectivity index (χ1v) is 3.88. The fourth-order valence-corrected chi connectivity index (χ4v) is 0.803. The molecule has 0 saturated heterocycles. The Morgan fingerprint density at radius 1 is 1.42 bits per heavy atom. The van der Waals surface area contributed by atoms with Crippen LogP contribution in [0.1, 0.15) is 10.6 Å². The standard InChI is InChI=1S/C5H4N2O4S/c8-5(9)4-6-1-3(2-7-4)12(10)11/h1-2H,(H,8,9)(H,10,11). The summed E-state index contributed by atoms with van der Waals surface area (Å²) >= 11 is -2.17. The molecule has 1 aromatic rings. The van der Waals surface area contributed by atoms with Gasteiger partial charge in [0.15, 0.2) is 11.1 Å². The Kier molecular flexibility index (Phi) is 2.46. The molecule has 0 saturated carbocycles. The number of rotatable bonds is 2. The van der Waals surface area contributed by atoms with Gasteiger partial charge in [-0.25, -0.2) is 19.0 Å². The third kappa shape index (κ3) is 1.83. The van der Waals surface area contributed by atoms with E-state index in [1.807, 2.05) is 0 Å². The molecule has 1 rings (SSSR count). The Balaban J connectivity index is 3.01. The molecule has 1 aromatic heterocycles. The first kappa shape index (κ1) is 8.75. The van der Waals surface area contributed by atoms with Gasteiger partial charge in [0.25, 0.3) is 0 Å². The monoisotopic (exact) mass is 188 g/mol. The molecule has 64 valence electrons. The normalized spacial score (nSPS) is 12.4. The summed E-state index contributed by atoms with van der Waals surface area (Å²) in [5, 5.41) is 8.35. The number of nitrogens with zero attached hydrogens (tertiary/aromatic N) is 2. The summed E-state index contributed by atoms with van der Waals surface area (Å²) in [7, 11) is 0. The molecule has 0 aromatic carbocycles. The molecule has 12 heavy (non-hydrogen) atoms. The van der Waals surface area contributed by atoms with Gasteiger partial charge in [0, 0.05) is 12.4 Å². The molecule has 1 atom stereocenters. The van der Waals surface area contributed by atoms with Crippen molar-refractivity contribution in [1.82, 2.24) is 9.97 Å². The smallest absolute Gasteiger partial charge is 0.373 e. The van der Waals surface area contributed by atoms with Crippen LogP contribution in [0.4, 0.5) is 0 Å². The molecule has 0 aliphatic carbocycles. The van der Waals surface area contributed by atoms with Gasteiger partial charge >= 0.3 is 5.97 Å². The zero-order valence-corrected chi connectivity index (χ0v) is 6.48. The molecule has 1 heterocycles. The van der Waals surface area contributed by atoms with Gasteiger partial charge in [-0.15, -0.1) is 0 Å². The van der Waals surface area contributed by atoms with Gasteiger partial charge in [0.2, 0.25) is 5.82 Å². The molecular formula is C5H4N2O4S. The summed E-state index contributed by atoms with van der Waals surface area (Å²) in [5.74, 6) is -1.67. The fraction of sp³-hybridized carbons (Fsp3) is 0. The number of carbonyl (C=O) groups is 1. The molecule has 6 nitrogen and oxygen atoms in total. The van der Waals surface area contributed by atoms with Gasteiger partial charge in [-0.1, -0.05) is 0 Å². The van der Waals surface area contributed by atoms with Gasteiger partial charge in [0.05, 0.1) is 0 Å². The van der Waals surface area contributed by atoms with Crippen LogP contribution in [-0.4, -0.2) is 29.8 Å². The maximum absolute atomic E-state index is 10.4. The molecular weight excluding hydrogens is 184 g/mol. The first-order valence-electron chi connectivity index (χ1n) is 2.77. The lowest BCUT2D eigenvalue weighted by Crippen LogP contribution is -2.04. The van der Waals surface area contributed by atoms with Gasteiger partial charge in [-0.05, 0) is 0 Å². The van der Waals surface area contributed by atoms with E-state index in [1.165, 1.54) is 0 Å². The molecule has 0 aliphatic rings. The van der Waals surface area contributed by atoms with E-state index in [9.17, 15) is 9.00 Å². The molecule has 0 bridgehead atoms. The van der Waals surface area contributed by atoms with E-state index in [1.54, 1.807) is 0 Å². The Morgan fingerprint density at radius 2 is 1.92 bits per heavy atom. The molecule has 0 amide bonds. The number of aromatic nitrogens is 2. The highest BCUT2D eigenvalue weighted by molar-refractivity contribution is 7.79. The molecule has 1 unspecified atom stereocenters. The molecule has 7 heteroatoms. The van der Waals surface area contributed by atoms with Crippen molar-refractivity contribution >= 4 is 17.0 Å². The van der Waals surface area contributed by atoms with Crippen LogP contribution < -0.4 is 0 Å². The molecule has 0 radical (unpaired) electrons. The number of hydrogen-bond acceptors (Lipinski definition) is 4. The van der Waals surface area contributed by atoms with Crippen molar-refractivity contribution in [1.29, 1.82) is 0 Å². The van der Waals surface area contributed by atoms with Crippen molar-refractivity contribution < 1.29 is 18.7 Å². The number of hydrogen-bond donors (Lipinski definition) is 2. The minimum Gasteiger partial charge on any atom is -0.475 e. The Morgan fingerprint density at radius 3 is 2.25 bits per heavy atom. The summed E-state index contributed by atoms with van der Waals surface area (Å²) in [4.78, 5) is 16.9. The van der Waals surface area contributed by atoms with E-state index in [0.29, 0.717) is 0 Å². The summed E-state index contributed by atoms with van der Waals surface area (Å²) in [6.45, 7) is 0. The predicted molar refractivity (Wildman–Crippen MR) is 38.0 cm³/mol. The first-order chi connectivity index (χ1) is 5.61. The molecule has 2 N–H and O–H groups in total. The number of aromatic carboxylic acids is 1. The average molecular weight is 188 g/mol. The van der Waals surface area contributed by atoms with Crippen LogP contribution in [0.3, 0.4) is 0 Å². The van der Waals surface area contributed by atoms with Crippen LogP contribution in [0.2, 0.25) is 0 Å². The zero-order chi connectivity index (χ0) is 9.14. The van der Waals surface area contributed by atoms with Crippen LogP contribution >= 0.6 is 0 Å². The van der Waals surface area contributed by atoms with Crippen molar-refractivity contribution in [3.8, 4) is 0 Å². The van der Waals surface area contributed by atoms with Gasteiger partial charge in [0.1, 0.15) is 4.90 Å². The molecule has 0 fully saturated rings. The van der Waals surface area contributed by atoms with Crippen molar-refractivity contribution in [2.75, 3.05) is 0 Å². The van der Waals surface area contributed by atoms with E-state index in [-0.39, 0.29) is 4.90 Å². The Hall–Kier alpha value is -1.34. The second-order valence-corrected chi connectivity index (χ2v) is 2.77. The minimum atomic E-state index is -2.17. The third-order valence-electron chi connectivity index (χ3n) is 1.02. The third-order valence-corrected chi connectivity index (χ3v) is 1.64. The maximum Gasteiger partial charge on any atom is 0.373 e. The van der Waals surface area contributed by atoms with E-state index in [4.69, 9.17) is 9.66 Å². The van der Waals surface area contributed by atoms with Crippen molar-refractivity contribution in [2.24, 2.45) is 0 Å². The quantitative estimate of drug-likeness (QED) is 0.621. The lowest BCUT2D eigenvalue weighted by atomic mass is 10.6. The minimum absolute atomic E-state index is 0.0278. The van der Waals surface area contributed by atoms with E-state index < -0.39 is 22.9 Å². The van der Waals surface area contributed by atoms with Crippen LogP contribution in [0, 0.1) is 0 Å². The fourth-order valence-electron chi connectivity index (χ4n) is 0.517. The van der Waals surface area contributed by atoms with Crippen LogP contribution in [0.25, 0.3) is 0 Å². The average Bonchev–Trinajstić information content (AvgIpc) is 2.04. The Labute approximate surface area is 69.6 Å². The summed E-state index contributed by atoms with van der Waals surface area (Å²) in [6.07, 6.45) is 1.99. The maximum atomic E-state index is 10.4. The van der Waals surface area contributed by atoms with E-state index in [2.05, 4.69) is 9.97 Å². The van der Waals surface area contributed by atoms with E-state index >= 15 is 0 Å². The second kappa shape index (κ2) is 3.37. The predicted octanol–water partition coefficient (Wildman–Crippen LogP) is -0.245. The van der Waals surface area contributed by atoms with Crippen molar-refractivity contribution in [2.45, 2.75) is 4.90 Å². The van der Waals surface area contributed by atoms with Crippen LogP contribution in [0.5, 0.6) is 0 Å². The lowest BCUT2D eigenvalue weighted by molar-refractivity contribution is 0.0683. The van der Waals surface area contributed by atoms with Gasteiger partial charge < -0.3 is 9.66 Å². The highest BCUT2D eigenvalue weighted by Crippen LogP contribution is 1.99. The van der Waals surface area contributed by atoms with Crippen LogP contribution in [-0.2, 0) is 11.1 Å². The second-order valence-electron chi connectivity index (χ2n) is 1.80. The SMILES string of the molecule is O=C(O)c1ncc(S(=O)O)cn1.